The number of nitrogens with two attached hydrogens (primary N) is 1. The highest BCUT2D eigenvalue weighted by molar-refractivity contribution is 6.25. The number of benzene rings is 2. The van der Waals surface area contributed by atoms with E-state index in [1.54, 1.807) is 37.2 Å². The van der Waals surface area contributed by atoms with E-state index in [9.17, 15) is 38.9 Å². The number of aromatic hydroxyl groups is 1. The number of hydrogen-bond acceptors (Lipinski definition) is 9. The molecule has 2 aromatic rings. The van der Waals surface area contributed by atoms with Crippen LogP contribution in [0.15, 0.2) is 36.4 Å². The van der Waals surface area contributed by atoms with Gasteiger partial charge in [0.2, 0.25) is 5.91 Å². The number of likely N-dealkylation sites (N-methyl/N-ethyl adjacent to an activating group) is 1. The summed E-state index contributed by atoms with van der Waals surface area (Å²) in [6, 6.07) is 8.13. The molecule has 7 atom stereocenters. The molecule has 6 N–H and O–H groups in total. The minimum absolute atomic E-state index is 0.0309. The maximum absolute atomic E-state index is 13.9. The Bertz CT molecular complexity index is 1390. The SMILES string of the molecule is CN(C)C1C(O)C(C(N)=O)C(=O)[C@]2(O)C(=O)C3C(=O)c4c(O)ccc(CNCc5ccc(F)cc5)c4C[C@@H]3C[C@H]12. The third kappa shape index (κ3) is 4.24. The number of aliphatic hydroxyl groups excluding tert-OH is 1. The molecule has 10 nitrogen and oxygen atoms in total. The fourth-order valence-corrected chi connectivity index (χ4v) is 7.00. The van der Waals surface area contributed by atoms with Gasteiger partial charge in [-0.1, -0.05) is 18.2 Å². The van der Waals surface area contributed by atoms with Crippen LogP contribution in [0.3, 0.4) is 0 Å². The number of primary amides is 1. The molecular formula is C29H32FN3O7. The van der Waals surface area contributed by atoms with Crippen LogP contribution < -0.4 is 11.1 Å². The highest BCUT2D eigenvalue weighted by Gasteiger charge is 2.69. The molecule has 2 saturated carbocycles. The smallest absolute Gasteiger partial charge is 0.230 e. The first-order valence-corrected chi connectivity index (χ1v) is 13.2. The van der Waals surface area contributed by atoms with Gasteiger partial charge in [-0.05, 0) is 67.7 Å². The number of phenolic OH excluding ortho intramolecular Hbond substituents is 1. The van der Waals surface area contributed by atoms with Gasteiger partial charge in [0.1, 0.15) is 17.5 Å². The van der Waals surface area contributed by atoms with Crippen molar-refractivity contribution < 1.29 is 38.9 Å². The van der Waals surface area contributed by atoms with Crippen LogP contribution in [-0.2, 0) is 33.9 Å². The van der Waals surface area contributed by atoms with Crippen LogP contribution in [0, 0.1) is 29.5 Å². The van der Waals surface area contributed by atoms with Crippen molar-refractivity contribution >= 4 is 23.3 Å². The Kier molecular flexibility index (Phi) is 7.11. The Labute approximate surface area is 230 Å². The number of carbonyl (C=O) groups is 4. The third-order valence-corrected chi connectivity index (χ3v) is 8.83. The lowest BCUT2D eigenvalue weighted by atomic mass is 9.52. The molecule has 1 amide bonds. The maximum atomic E-state index is 13.9. The lowest BCUT2D eigenvalue weighted by Crippen LogP contribution is -2.75. The van der Waals surface area contributed by atoms with Gasteiger partial charge in [0.25, 0.3) is 0 Å². The fourth-order valence-electron chi connectivity index (χ4n) is 7.00. The number of nitrogens with one attached hydrogen (secondary N) is 1. The first kappa shape index (κ1) is 28.0. The highest BCUT2D eigenvalue weighted by Crippen LogP contribution is 2.51. The number of ketones is 3. The van der Waals surface area contributed by atoms with Crippen LogP contribution in [0.25, 0.3) is 0 Å². The van der Waals surface area contributed by atoms with Crippen molar-refractivity contribution in [1.29, 1.82) is 0 Å². The van der Waals surface area contributed by atoms with E-state index in [0.29, 0.717) is 18.7 Å². The van der Waals surface area contributed by atoms with Gasteiger partial charge in [-0.15, -0.1) is 0 Å². The van der Waals surface area contributed by atoms with E-state index in [2.05, 4.69) is 5.32 Å². The topological polar surface area (TPSA) is 170 Å². The number of phenols is 1. The molecule has 0 heterocycles. The number of fused-ring (bicyclic) bond motifs is 3. The second-order valence-electron chi connectivity index (χ2n) is 11.3. The Morgan fingerprint density at radius 2 is 1.77 bits per heavy atom. The van der Waals surface area contributed by atoms with Crippen molar-refractivity contribution in [2.24, 2.45) is 29.4 Å². The molecule has 0 aromatic heterocycles. The summed E-state index contributed by atoms with van der Waals surface area (Å²) in [6.07, 6.45) is -1.28. The van der Waals surface area contributed by atoms with Gasteiger partial charge in [0, 0.05) is 25.0 Å². The summed E-state index contributed by atoms with van der Waals surface area (Å²) >= 11 is 0. The van der Waals surface area contributed by atoms with E-state index < -0.39 is 64.7 Å². The van der Waals surface area contributed by atoms with Crippen LogP contribution in [0.4, 0.5) is 4.39 Å². The number of amides is 1. The summed E-state index contributed by atoms with van der Waals surface area (Å²) in [5.41, 5.74) is 4.82. The number of nitrogens with zero attached hydrogens (tertiary/aromatic N) is 1. The number of rotatable bonds is 6. The van der Waals surface area contributed by atoms with Gasteiger partial charge >= 0.3 is 0 Å². The van der Waals surface area contributed by atoms with Crippen LogP contribution in [-0.4, -0.2) is 75.3 Å². The largest absolute Gasteiger partial charge is 0.507 e. The van der Waals surface area contributed by atoms with Gasteiger partial charge in [-0.25, -0.2) is 4.39 Å². The third-order valence-electron chi connectivity index (χ3n) is 8.83. The first-order chi connectivity index (χ1) is 18.9. The summed E-state index contributed by atoms with van der Waals surface area (Å²) in [5, 5.41) is 36.5. The first-order valence-electron chi connectivity index (χ1n) is 13.2. The zero-order chi connectivity index (χ0) is 29.1. The lowest BCUT2D eigenvalue weighted by Gasteiger charge is -2.54. The molecule has 2 aromatic carbocycles. The number of Topliss-reactive ketones (excluding diaryl/α,β-unsaturated/α-hetero) is 3. The number of aliphatic hydroxyl groups is 2. The molecule has 40 heavy (non-hydrogen) atoms. The van der Waals surface area contributed by atoms with E-state index in [1.807, 2.05) is 0 Å². The van der Waals surface area contributed by atoms with E-state index in [1.165, 1.54) is 18.2 Å². The van der Waals surface area contributed by atoms with Crippen molar-refractivity contribution in [1.82, 2.24) is 10.2 Å². The van der Waals surface area contributed by atoms with E-state index >= 15 is 0 Å². The second-order valence-corrected chi connectivity index (χ2v) is 11.3. The zero-order valence-corrected chi connectivity index (χ0v) is 22.1. The minimum Gasteiger partial charge on any atom is -0.507 e. The van der Waals surface area contributed by atoms with Crippen LogP contribution in [0.1, 0.15) is 33.5 Å². The monoisotopic (exact) mass is 553 g/mol. The molecule has 0 radical (unpaired) electrons. The summed E-state index contributed by atoms with van der Waals surface area (Å²) in [4.78, 5) is 54.7. The van der Waals surface area contributed by atoms with E-state index in [0.717, 1.165) is 11.1 Å². The van der Waals surface area contributed by atoms with Crippen molar-refractivity contribution in [3.05, 3.63) is 64.5 Å². The molecule has 2 fully saturated rings. The highest BCUT2D eigenvalue weighted by atomic mass is 19.1. The molecular weight excluding hydrogens is 521 g/mol. The Morgan fingerprint density at radius 3 is 2.40 bits per heavy atom. The van der Waals surface area contributed by atoms with Crippen molar-refractivity contribution in [2.75, 3.05) is 14.1 Å². The number of hydrogen-bond donors (Lipinski definition) is 5. The van der Waals surface area contributed by atoms with E-state index in [4.69, 9.17) is 5.73 Å². The van der Waals surface area contributed by atoms with E-state index in [-0.39, 0.29) is 30.0 Å². The summed E-state index contributed by atoms with van der Waals surface area (Å²) in [7, 11) is 3.20. The predicted molar refractivity (Wildman–Crippen MR) is 139 cm³/mol. The van der Waals surface area contributed by atoms with Gasteiger partial charge in [0.05, 0.1) is 17.6 Å². The summed E-state index contributed by atoms with van der Waals surface area (Å²) < 4.78 is 13.2. The quantitative estimate of drug-likeness (QED) is 0.311. The van der Waals surface area contributed by atoms with Crippen LogP contribution in [0.2, 0.25) is 0 Å². The Hall–Kier alpha value is -3.51. The van der Waals surface area contributed by atoms with Crippen LogP contribution in [0.5, 0.6) is 5.75 Å². The molecule has 0 bridgehead atoms. The molecule has 11 heteroatoms. The maximum Gasteiger partial charge on any atom is 0.230 e. The van der Waals surface area contributed by atoms with Crippen LogP contribution >= 0.6 is 0 Å². The van der Waals surface area contributed by atoms with Gasteiger partial charge in [-0.2, -0.15) is 0 Å². The second kappa shape index (κ2) is 10.2. The van der Waals surface area contributed by atoms with Crippen molar-refractivity contribution in [3.8, 4) is 5.75 Å². The number of halogens is 1. The lowest BCUT2D eigenvalue weighted by molar-refractivity contribution is -0.190. The van der Waals surface area contributed by atoms with Crippen molar-refractivity contribution in [3.63, 3.8) is 0 Å². The summed E-state index contributed by atoms with van der Waals surface area (Å²) in [5.74, 6) is -9.64. The number of carbonyl (C=O) groups excluding carboxylic acids is 4. The fraction of sp³-hybridized carbons (Fsp3) is 0.448. The zero-order valence-electron chi connectivity index (χ0n) is 22.1. The average molecular weight is 554 g/mol. The Morgan fingerprint density at radius 1 is 1.10 bits per heavy atom. The molecule has 0 spiro atoms. The molecule has 4 unspecified atom stereocenters. The molecule has 212 valence electrons. The summed E-state index contributed by atoms with van der Waals surface area (Å²) in [6.45, 7) is 0.749. The Balaban J connectivity index is 1.49. The predicted octanol–water partition coefficient (Wildman–Crippen LogP) is 0.0877. The normalized spacial score (nSPS) is 31.5. The molecule has 0 saturated heterocycles. The molecule has 3 aliphatic carbocycles. The molecule has 5 rings (SSSR count). The minimum atomic E-state index is -2.69. The standard InChI is InChI=1S/C29H32FN3O7/c1-33(2)23-18-10-15-9-17-14(12-32-11-13-3-6-16(30)7-4-13)5-8-19(34)21(17)24(35)20(15)26(37)29(18,40)27(38)22(25(23)36)28(31)39/h3-8,15,18,20,22-23,25,32,34,36,40H,9-12H2,1-2H3,(H2,31,39)/t15-,18-,20?,22?,23?,25?,29-/m1/s1. The average Bonchev–Trinajstić information content (AvgIpc) is 2.88. The van der Waals surface area contributed by atoms with Gasteiger partial charge < -0.3 is 31.3 Å². The van der Waals surface area contributed by atoms with Crippen molar-refractivity contribution in [2.45, 2.75) is 43.7 Å². The van der Waals surface area contributed by atoms with Gasteiger partial charge in [0.15, 0.2) is 23.0 Å². The molecule has 3 aliphatic rings. The van der Waals surface area contributed by atoms with Gasteiger partial charge in [-0.3, -0.25) is 19.2 Å². The molecule has 0 aliphatic heterocycles.